The van der Waals surface area contributed by atoms with E-state index < -0.39 is 0 Å². The summed E-state index contributed by atoms with van der Waals surface area (Å²) >= 11 is 0. The highest BCUT2D eigenvalue weighted by Gasteiger charge is 2.40. The summed E-state index contributed by atoms with van der Waals surface area (Å²) in [6, 6.07) is 8.60. The molecule has 24 heavy (non-hydrogen) atoms. The molecule has 1 N–H and O–H groups in total. The molecule has 0 radical (unpaired) electrons. The fraction of sp³-hybridized carbons (Fsp3) is 0.526. The maximum absolute atomic E-state index is 13.4. The molecule has 3 heterocycles. The van der Waals surface area contributed by atoms with E-state index in [0.717, 1.165) is 48.9 Å². The first kappa shape index (κ1) is 15.7. The van der Waals surface area contributed by atoms with Crippen LogP contribution in [0.3, 0.4) is 0 Å². The van der Waals surface area contributed by atoms with Crippen LogP contribution in [0, 0.1) is 0 Å². The van der Waals surface area contributed by atoms with Crippen LogP contribution in [-0.2, 0) is 6.54 Å². The van der Waals surface area contributed by atoms with Crippen molar-refractivity contribution in [1.82, 2.24) is 15.1 Å². The number of amides is 1. The van der Waals surface area contributed by atoms with E-state index in [1.54, 1.807) is 0 Å². The number of nitrogens with zero attached hydrogens (tertiary/aromatic N) is 2. The van der Waals surface area contributed by atoms with Crippen LogP contribution in [0.2, 0.25) is 0 Å². The molecule has 1 aromatic carbocycles. The first-order valence-corrected chi connectivity index (χ1v) is 8.83. The lowest BCUT2D eigenvalue weighted by Crippen LogP contribution is -2.42. The molecule has 5 nitrogen and oxygen atoms in total. The fourth-order valence-electron chi connectivity index (χ4n) is 4.18. The van der Waals surface area contributed by atoms with Gasteiger partial charge < -0.3 is 19.5 Å². The molecule has 4 rings (SSSR count). The fourth-order valence-corrected chi connectivity index (χ4v) is 4.18. The predicted octanol–water partition coefficient (Wildman–Crippen LogP) is 2.46. The van der Waals surface area contributed by atoms with Crippen LogP contribution in [0.25, 0.3) is 11.0 Å². The molecular formula is C19H25N3O2. The lowest BCUT2D eigenvalue weighted by atomic mass is 10.1. The quantitative estimate of drug-likeness (QED) is 0.941. The molecule has 2 fully saturated rings. The SMILES string of the molecule is CN(C)Cc1c(C(=O)N2C3CCNCC2CC3)oc2ccccc12. The monoisotopic (exact) mass is 327 g/mol. The molecule has 128 valence electrons. The molecular weight excluding hydrogens is 302 g/mol. The van der Waals surface area contributed by atoms with Crippen molar-refractivity contribution in [3.8, 4) is 0 Å². The summed E-state index contributed by atoms with van der Waals surface area (Å²) in [5, 5.41) is 4.51. The summed E-state index contributed by atoms with van der Waals surface area (Å²) in [5.74, 6) is 0.600. The van der Waals surface area contributed by atoms with E-state index in [9.17, 15) is 4.79 Å². The average Bonchev–Trinajstić information content (AvgIpc) is 3.03. The van der Waals surface area contributed by atoms with Crippen molar-refractivity contribution >= 4 is 16.9 Å². The first-order valence-electron chi connectivity index (χ1n) is 8.83. The van der Waals surface area contributed by atoms with Crippen molar-refractivity contribution in [2.24, 2.45) is 0 Å². The Morgan fingerprint density at radius 1 is 1.25 bits per heavy atom. The number of rotatable bonds is 3. The van der Waals surface area contributed by atoms with Crippen molar-refractivity contribution in [2.75, 3.05) is 27.2 Å². The van der Waals surface area contributed by atoms with Crippen LogP contribution < -0.4 is 5.32 Å². The van der Waals surface area contributed by atoms with Gasteiger partial charge in [-0.1, -0.05) is 18.2 Å². The number of nitrogens with one attached hydrogen (secondary N) is 1. The average molecular weight is 327 g/mol. The molecule has 1 aromatic heterocycles. The summed E-state index contributed by atoms with van der Waals surface area (Å²) in [6.45, 7) is 2.60. The van der Waals surface area contributed by atoms with Gasteiger partial charge >= 0.3 is 0 Å². The van der Waals surface area contributed by atoms with Crippen LogP contribution in [0.15, 0.2) is 28.7 Å². The Kier molecular flexibility index (Phi) is 4.06. The van der Waals surface area contributed by atoms with E-state index in [1.807, 2.05) is 38.4 Å². The van der Waals surface area contributed by atoms with Gasteiger partial charge in [-0.2, -0.15) is 0 Å². The van der Waals surface area contributed by atoms with Crippen LogP contribution >= 0.6 is 0 Å². The first-order chi connectivity index (χ1) is 11.6. The maximum atomic E-state index is 13.4. The minimum atomic E-state index is 0.0687. The van der Waals surface area contributed by atoms with Crippen molar-refractivity contribution in [1.29, 1.82) is 0 Å². The second kappa shape index (κ2) is 6.22. The Balaban J connectivity index is 1.76. The van der Waals surface area contributed by atoms with Crippen LogP contribution in [0.1, 0.15) is 35.4 Å². The van der Waals surface area contributed by atoms with Gasteiger partial charge in [-0.05, 0) is 46.0 Å². The molecule has 2 aromatic rings. The molecule has 2 unspecified atom stereocenters. The number of hydrogen-bond acceptors (Lipinski definition) is 4. The molecule has 2 atom stereocenters. The Labute approximate surface area is 142 Å². The van der Waals surface area contributed by atoms with Crippen LogP contribution in [0.4, 0.5) is 0 Å². The largest absolute Gasteiger partial charge is 0.451 e. The van der Waals surface area contributed by atoms with E-state index in [1.165, 1.54) is 0 Å². The third-order valence-corrected chi connectivity index (χ3v) is 5.26. The van der Waals surface area contributed by atoms with Gasteiger partial charge in [-0.3, -0.25) is 4.79 Å². The van der Waals surface area contributed by atoms with Gasteiger partial charge in [0.15, 0.2) is 5.76 Å². The number of furan rings is 1. The molecule has 5 heteroatoms. The minimum Gasteiger partial charge on any atom is -0.451 e. The van der Waals surface area contributed by atoms with Crippen molar-refractivity contribution < 1.29 is 9.21 Å². The van der Waals surface area contributed by atoms with Crippen LogP contribution in [0.5, 0.6) is 0 Å². The zero-order valence-electron chi connectivity index (χ0n) is 14.4. The van der Waals surface area contributed by atoms with Gasteiger partial charge in [0.1, 0.15) is 5.58 Å². The van der Waals surface area contributed by atoms with E-state index >= 15 is 0 Å². The summed E-state index contributed by atoms with van der Waals surface area (Å²) in [4.78, 5) is 17.6. The number of hydrogen-bond donors (Lipinski definition) is 1. The standard InChI is InChI=1S/C19H25N3O2/c1-21(2)12-16-15-5-3-4-6-17(15)24-18(16)19(23)22-13-7-8-14(22)11-20-10-9-13/h3-6,13-14,20H,7-12H2,1-2H3. The van der Waals surface area contributed by atoms with E-state index in [4.69, 9.17) is 4.42 Å². The van der Waals surface area contributed by atoms with Gasteiger partial charge in [0, 0.05) is 36.1 Å². The van der Waals surface area contributed by atoms with Crippen molar-refractivity contribution in [3.63, 3.8) is 0 Å². The normalized spacial score (nSPS) is 23.9. The number of carbonyl (C=O) groups excluding carboxylic acids is 1. The minimum absolute atomic E-state index is 0.0687. The summed E-state index contributed by atoms with van der Waals surface area (Å²) < 4.78 is 6.04. The second-order valence-corrected chi connectivity index (χ2v) is 7.23. The second-order valence-electron chi connectivity index (χ2n) is 7.23. The summed E-state index contributed by atoms with van der Waals surface area (Å²) in [6.07, 6.45) is 3.24. The Bertz CT molecular complexity index is 738. The molecule has 2 bridgehead atoms. The van der Waals surface area contributed by atoms with Gasteiger partial charge in [0.05, 0.1) is 0 Å². The van der Waals surface area contributed by atoms with Crippen LogP contribution in [-0.4, -0.2) is 55.0 Å². The third-order valence-electron chi connectivity index (χ3n) is 5.26. The number of benzene rings is 1. The van der Waals surface area contributed by atoms with Crippen molar-refractivity contribution in [3.05, 3.63) is 35.6 Å². The van der Waals surface area contributed by atoms with E-state index in [2.05, 4.69) is 15.1 Å². The van der Waals surface area contributed by atoms with E-state index in [-0.39, 0.29) is 5.91 Å². The van der Waals surface area contributed by atoms with Crippen molar-refractivity contribution in [2.45, 2.75) is 37.9 Å². The van der Waals surface area contributed by atoms with E-state index in [0.29, 0.717) is 24.4 Å². The van der Waals surface area contributed by atoms with Gasteiger partial charge in [-0.15, -0.1) is 0 Å². The Morgan fingerprint density at radius 3 is 2.88 bits per heavy atom. The number of para-hydroxylation sites is 1. The number of carbonyl (C=O) groups is 1. The summed E-state index contributed by atoms with van der Waals surface area (Å²) in [7, 11) is 4.05. The topological polar surface area (TPSA) is 48.7 Å². The van der Waals surface area contributed by atoms with Gasteiger partial charge in [-0.25, -0.2) is 0 Å². The highest BCUT2D eigenvalue weighted by Crippen LogP contribution is 2.33. The highest BCUT2D eigenvalue weighted by atomic mass is 16.3. The smallest absolute Gasteiger partial charge is 0.290 e. The molecule has 2 saturated heterocycles. The predicted molar refractivity (Wildman–Crippen MR) is 94.1 cm³/mol. The molecule has 0 aliphatic carbocycles. The van der Waals surface area contributed by atoms with Gasteiger partial charge in [0.2, 0.25) is 0 Å². The lowest BCUT2D eigenvalue weighted by molar-refractivity contribution is 0.0647. The molecule has 1 amide bonds. The molecule has 0 saturated carbocycles. The maximum Gasteiger partial charge on any atom is 0.290 e. The zero-order chi connectivity index (χ0) is 16.7. The lowest BCUT2D eigenvalue weighted by Gasteiger charge is -2.27. The molecule has 2 aliphatic heterocycles. The zero-order valence-corrected chi connectivity index (χ0v) is 14.4. The summed E-state index contributed by atoms with van der Waals surface area (Å²) in [5.41, 5.74) is 1.82. The molecule has 0 spiro atoms. The Hall–Kier alpha value is -1.85. The number of fused-ring (bicyclic) bond motifs is 3. The third kappa shape index (κ3) is 2.62. The highest BCUT2D eigenvalue weighted by molar-refractivity contribution is 5.99. The Morgan fingerprint density at radius 2 is 2.04 bits per heavy atom. The van der Waals surface area contributed by atoms with Gasteiger partial charge in [0.25, 0.3) is 5.91 Å². The molecule has 2 aliphatic rings.